The summed E-state index contributed by atoms with van der Waals surface area (Å²) in [4.78, 5) is 0. The van der Waals surface area contributed by atoms with Crippen LogP contribution in [0.15, 0.2) is 16.7 Å². The molecule has 0 fully saturated rings. The summed E-state index contributed by atoms with van der Waals surface area (Å²) in [5.74, 6) is 2.37. The van der Waals surface area contributed by atoms with Gasteiger partial charge in [-0.2, -0.15) is 5.10 Å². The van der Waals surface area contributed by atoms with Crippen LogP contribution in [-0.2, 0) is 0 Å². The van der Waals surface area contributed by atoms with E-state index in [-0.39, 0.29) is 0 Å². The van der Waals surface area contributed by atoms with E-state index >= 15 is 0 Å². The maximum absolute atomic E-state index is 5.96. The molecule has 0 spiro atoms. The van der Waals surface area contributed by atoms with Crippen molar-refractivity contribution in [2.75, 3.05) is 18.9 Å². The number of hydrogen-bond donors (Lipinski definition) is 2. The van der Waals surface area contributed by atoms with Gasteiger partial charge in [0.2, 0.25) is 0 Å². The van der Waals surface area contributed by atoms with E-state index in [1.165, 1.54) is 0 Å². The molecule has 0 unspecified atom stereocenters. The van der Waals surface area contributed by atoms with Crippen molar-refractivity contribution < 1.29 is 9.47 Å². The Morgan fingerprint density at radius 2 is 2.05 bits per heavy atom. The quantitative estimate of drug-likeness (QED) is 0.881. The summed E-state index contributed by atoms with van der Waals surface area (Å²) in [7, 11) is 0. The first kappa shape index (κ1) is 13.3. The molecule has 1 aliphatic rings. The number of nitrogens with one attached hydrogen (secondary N) is 1. The van der Waals surface area contributed by atoms with Gasteiger partial charge in [0, 0.05) is 5.56 Å². The van der Waals surface area contributed by atoms with Crippen molar-refractivity contribution in [1.29, 1.82) is 0 Å². The van der Waals surface area contributed by atoms with Crippen molar-refractivity contribution in [2.24, 2.45) is 0 Å². The van der Waals surface area contributed by atoms with Gasteiger partial charge in [0.25, 0.3) is 0 Å². The highest BCUT2D eigenvalue weighted by atomic mass is 79.9. The highest BCUT2D eigenvalue weighted by molar-refractivity contribution is 9.10. The molecule has 106 valence electrons. The Morgan fingerprint density at radius 3 is 2.70 bits per heavy atom. The number of nitrogens with two attached hydrogens (primary N) is 1. The number of aromatic amines is 1. The number of fused-ring (bicyclic) bond motifs is 1. The summed E-state index contributed by atoms with van der Waals surface area (Å²) in [5, 5.41) is 6.78. The van der Waals surface area contributed by atoms with Gasteiger partial charge in [0.15, 0.2) is 11.5 Å². The number of benzene rings is 1. The van der Waals surface area contributed by atoms with Crippen LogP contribution in [0, 0.1) is 0 Å². The predicted octanol–water partition coefficient (Wildman–Crippen LogP) is 3.32. The number of H-pyrrole nitrogens is 1. The Morgan fingerprint density at radius 1 is 1.30 bits per heavy atom. The van der Waals surface area contributed by atoms with Gasteiger partial charge < -0.3 is 15.2 Å². The third-order valence-electron chi connectivity index (χ3n) is 3.35. The average molecular weight is 338 g/mol. The third kappa shape index (κ3) is 2.04. The molecule has 20 heavy (non-hydrogen) atoms. The molecule has 0 saturated carbocycles. The fourth-order valence-corrected chi connectivity index (χ4v) is 3.44. The van der Waals surface area contributed by atoms with Crippen LogP contribution in [0.3, 0.4) is 0 Å². The van der Waals surface area contributed by atoms with Crippen LogP contribution in [0.25, 0.3) is 11.1 Å². The lowest BCUT2D eigenvalue weighted by Crippen LogP contribution is -2.16. The van der Waals surface area contributed by atoms with Crippen LogP contribution in [0.4, 0.5) is 5.82 Å². The monoisotopic (exact) mass is 337 g/mol. The highest BCUT2D eigenvalue weighted by Crippen LogP contribution is 2.47. The Labute approximate surface area is 125 Å². The summed E-state index contributed by atoms with van der Waals surface area (Å²) in [5.41, 5.74) is 9.00. The first-order valence-electron chi connectivity index (χ1n) is 6.50. The van der Waals surface area contributed by atoms with Crippen molar-refractivity contribution in [3.05, 3.63) is 22.3 Å². The minimum absolute atomic E-state index is 0.310. The molecule has 5 nitrogen and oxygen atoms in total. The van der Waals surface area contributed by atoms with E-state index in [2.05, 4.69) is 40.0 Å². The Kier molecular flexibility index (Phi) is 3.33. The van der Waals surface area contributed by atoms with Crippen LogP contribution < -0.4 is 15.2 Å². The summed E-state index contributed by atoms with van der Waals surface area (Å²) in [6.45, 7) is 5.39. The Bertz CT molecular complexity index is 652. The summed E-state index contributed by atoms with van der Waals surface area (Å²) in [6.07, 6.45) is 1.74. The molecule has 6 heteroatoms. The Hall–Kier alpha value is -1.69. The molecular weight excluding hydrogens is 322 g/mol. The minimum Gasteiger partial charge on any atom is -0.486 e. The molecule has 3 N–H and O–H groups in total. The first-order valence-corrected chi connectivity index (χ1v) is 7.30. The number of nitrogens with zero attached hydrogens (tertiary/aromatic N) is 1. The second-order valence-corrected chi connectivity index (χ2v) is 5.82. The van der Waals surface area contributed by atoms with E-state index in [4.69, 9.17) is 15.2 Å². The SMILES string of the molecule is CC(C)c1c(-c2cn[nH]c2N)cc2c(c1Br)OCCO2. The van der Waals surface area contributed by atoms with E-state index in [0.29, 0.717) is 24.9 Å². The second kappa shape index (κ2) is 5.01. The number of aromatic nitrogens is 2. The zero-order chi connectivity index (χ0) is 14.3. The zero-order valence-corrected chi connectivity index (χ0v) is 13.0. The van der Waals surface area contributed by atoms with Crippen molar-refractivity contribution in [3.8, 4) is 22.6 Å². The van der Waals surface area contributed by atoms with Gasteiger partial charge in [-0.15, -0.1) is 0 Å². The highest BCUT2D eigenvalue weighted by Gasteiger charge is 2.24. The second-order valence-electron chi connectivity index (χ2n) is 5.03. The van der Waals surface area contributed by atoms with Gasteiger partial charge in [0.1, 0.15) is 19.0 Å². The largest absolute Gasteiger partial charge is 0.486 e. The minimum atomic E-state index is 0.310. The van der Waals surface area contributed by atoms with Crippen LogP contribution in [-0.4, -0.2) is 23.4 Å². The van der Waals surface area contributed by atoms with Crippen LogP contribution in [0.5, 0.6) is 11.5 Å². The number of halogens is 1. The maximum atomic E-state index is 5.96. The molecule has 1 aromatic heterocycles. The van der Waals surface area contributed by atoms with Crippen molar-refractivity contribution >= 4 is 21.7 Å². The van der Waals surface area contributed by atoms with Gasteiger partial charge in [0.05, 0.1) is 10.7 Å². The molecule has 1 aromatic carbocycles. The van der Waals surface area contributed by atoms with Crippen LogP contribution >= 0.6 is 15.9 Å². The van der Waals surface area contributed by atoms with Crippen LogP contribution in [0.2, 0.25) is 0 Å². The number of rotatable bonds is 2. The number of nitrogen functional groups attached to an aromatic ring is 1. The molecular formula is C14H16BrN3O2. The molecule has 1 aliphatic heterocycles. The van der Waals surface area contributed by atoms with Crippen molar-refractivity contribution in [1.82, 2.24) is 10.2 Å². The van der Waals surface area contributed by atoms with Crippen LogP contribution in [0.1, 0.15) is 25.3 Å². The molecule has 0 bridgehead atoms. The van der Waals surface area contributed by atoms with Gasteiger partial charge in [-0.25, -0.2) is 0 Å². The third-order valence-corrected chi connectivity index (χ3v) is 4.14. The molecule has 0 saturated heterocycles. The van der Waals surface area contributed by atoms with Crippen molar-refractivity contribution in [2.45, 2.75) is 19.8 Å². The van der Waals surface area contributed by atoms with Crippen molar-refractivity contribution in [3.63, 3.8) is 0 Å². The molecule has 2 aromatic rings. The lowest BCUT2D eigenvalue weighted by Gasteiger charge is -2.24. The topological polar surface area (TPSA) is 73.2 Å². The van der Waals surface area contributed by atoms with E-state index in [0.717, 1.165) is 32.7 Å². The number of anilines is 1. The number of ether oxygens (including phenoxy) is 2. The van der Waals surface area contributed by atoms with Gasteiger partial charge in [-0.05, 0) is 39.0 Å². The molecule has 0 amide bonds. The molecule has 2 heterocycles. The fraction of sp³-hybridized carbons (Fsp3) is 0.357. The van der Waals surface area contributed by atoms with Gasteiger partial charge in [-0.1, -0.05) is 13.8 Å². The predicted molar refractivity (Wildman–Crippen MR) is 81.2 cm³/mol. The summed E-state index contributed by atoms with van der Waals surface area (Å²) in [6, 6.07) is 1.98. The van der Waals surface area contributed by atoms with Gasteiger partial charge in [-0.3, -0.25) is 5.10 Å². The lowest BCUT2D eigenvalue weighted by molar-refractivity contribution is 0.170. The summed E-state index contributed by atoms with van der Waals surface area (Å²) < 4.78 is 12.3. The molecule has 0 atom stereocenters. The average Bonchev–Trinajstić information content (AvgIpc) is 2.84. The van der Waals surface area contributed by atoms with E-state index < -0.39 is 0 Å². The van der Waals surface area contributed by atoms with E-state index in [1.54, 1.807) is 6.20 Å². The molecule has 0 aliphatic carbocycles. The standard InChI is InChI=1S/C14H16BrN3O2/c1-7(2)11-8(9-6-17-18-14(9)16)5-10-13(12(11)15)20-4-3-19-10/h5-7H,3-4H2,1-2H3,(H3,16,17,18). The van der Waals surface area contributed by atoms with E-state index in [9.17, 15) is 0 Å². The first-order chi connectivity index (χ1) is 9.59. The smallest absolute Gasteiger partial charge is 0.175 e. The Balaban J connectivity index is 2.28. The molecule has 3 rings (SSSR count). The van der Waals surface area contributed by atoms with Gasteiger partial charge >= 0.3 is 0 Å². The maximum Gasteiger partial charge on any atom is 0.175 e. The fourth-order valence-electron chi connectivity index (χ4n) is 2.46. The van der Waals surface area contributed by atoms with E-state index in [1.807, 2.05) is 6.07 Å². The normalized spacial score (nSPS) is 13.8. The summed E-state index contributed by atoms with van der Waals surface area (Å²) >= 11 is 3.65. The number of hydrogen-bond acceptors (Lipinski definition) is 4. The molecule has 0 radical (unpaired) electrons. The lowest BCUT2D eigenvalue weighted by atomic mass is 9.92. The zero-order valence-electron chi connectivity index (χ0n) is 11.4.